The Morgan fingerprint density at radius 1 is 1.48 bits per heavy atom. The number of rotatable bonds is 2. The number of ether oxygens (including phenoxy) is 2. The normalized spacial score (nSPS) is 35.9. The zero-order chi connectivity index (χ0) is 17.0. The van der Waals surface area contributed by atoms with Gasteiger partial charge in [-0.3, -0.25) is 4.79 Å². The van der Waals surface area contributed by atoms with Crippen LogP contribution in [0.5, 0.6) is 0 Å². The van der Waals surface area contributed by atoms with Crippen LogP contribution in [0.3, 0.4) is 0 Å². The number of carbonyl (C=O) groups is 2. The summed E-state index contributed by atoms with van der Waals surface area (Å²) in [4.78, 5) is 23.5. The highest BCUT2D eigenvalue weighted by Gasteiger charge is 2.56. The fourth-order valence-corrected chi connectivity index (χ4v) is 3.62. The Kier molecular flexibility index (Phi) is 3.52. The number of carbonyl (C=O) groups excluding carboxylic acids is 2. The van der Waals surface area contributed by atoms with Gasteiger partial charge in [-0.2, -0.15) is 0 Å². The number of hydrogen-bond donors (Lipinski definition) is 1. The smallest absolute Gasteiger partial charge is 0.339 e. The fourth-order valence-electron chi connectivity index (χ4n) is 3.62. The maximum Gasteiger partial charge on any atom is 0.339 e. The van der Waals surface area contributed by atoms with Gasteiger partial charge in [0.05, 0.1) is 0 Å². The first kappa shape index (κ1) is 16.0. The summed E-state index contributed by atoms with van der Waals surface area (Å²) < 4.78 is 10.7. The van der Waals surface area contributed by atoms with Crippen LogP contribution < -0.4 is 0 Å². The molecular formula is C18H22O5. The van der Waals surface area contributed by atoms with Gasteiger partial charge in [0.25, 0.3) is 0 Å². The van der Waals surface area contributed by atoms with Crippen molar-refractivity contribution in [1.29, 1.82) is 0 Å². The molecule has 3 rings (SSSR count). The van der Waals surface area contributed by atoms with Gasteiger partial charge >= 0.3 is 11.9 Å². The van der Waals surface area contributed by atoms with Crippen LogP contribution in [-0.2, 0) is 19.1 Å². The van der Waals surface area contributed by atoms with Crippen molar-refractivity contribution in [1.82, 2.24) is 0 Å². The Morgan fingerprint density at radius 3 is 2.83 bits per heavy atom. The summed E-state index contributed by atoms with van der Waals surface area (Å²) in [6.07, 6.45) is 4.40. The van der Waals surface area contributed by atoms with Crippen molar-refractivity contribution < 1.29 is 24.2 Å². The summed E-state index contributed by atoms with van der Waals surface area (Å²) in [7, 11) is 0. The summed E-state index contributed by atoms with van der Waals surface area (Å²) in [5.41, 5.74) is 0.464. The molecule has 5 heteroatoms. The highest BCUT2D eigenvalue weighted by atomic mass is 16.6. The van der Waals surface area contributed by atoms with E-state index in [1.165, 1.54) is 0 Å². The number of hydrogen-bond acceptors (Lipinski definition) is 5. The van der Waals surface area contributed by atoms with E-state index < -0.39 is 17.1 Å². The van der Waals surface area contributed by atoms with Crippen LogP contribution in [0.4, 0.5) is 0 Å². The van der Waals surface area contributed by atoms with Crippen molar-refractivity contribution in [3.05, 3.63) is 34.6 Å². The summed E-state index contributed by atoms with van der Waals surface area (Å²) >= 11 is 0. The molecule has 0 aromatic carbocycles. The SMILES string of the molecule is CCC(=O)O[C@H]1CC=C2C=C3OC(=O)C(C)=C3C[C@]2(C)[C@@]1(C)O. The first-order chi connectivity index (χ1) is 10.7. The third-order valence-corrected chi connectivity index (χ3v) is 5.57. The summed E-state index contributed by atoms with van der Waals surface area (Å²) in [5, 5.41) is 11.2. The topological polar surface area (TPSA) is 72.8 Å². The second-order valence-corrected chi connectivity index (χ2v) is 6.89. The predicted octanol–water partition coefficient (Wildman–Crippen LogP) is 2.56. The molecule has 1 heterocycles. The Hall–Kier alpha value is -1.88. The lowest BCUT2D eigenvalue weighted by Gasteiger charge is -2.51. The zero-order valence-electron chi connectivity index (χ0n) is 13.9. The third-order valence-electron chi connectivity index (χ3n) is 5.57. The maximum absolute atomic E-state index is 11.8. The lowest BCUT2D eigenvalue weighted by Crippen LogP contribution is -2.57. The van der Waals surface area contributed by atoms with E-state index in [1.807, 2.05) is 19.1 Å². The molecule has 0 saturated heterocycles. The van der Waals surface area contributed by atoms with Crippen LogP contribution in [0.1, 0.15) is 47.0 Å². The van der Waals surface area contributed by atoms with Gasteiger partial charge in [0.15, 0.2) is 0 Å². The predicted molar refractivity (Wildman–Crippen MR) is 83.1 cm³/mol. The molecule has 0 bridgehead atoms. The molecule has 3 atom stereocenters. The first-order valence-corrected chi connectivity index (χ1v) is 7.97. The van der Waals surface area contributed by atoms with Crippen LogP contribution >= 0.6 is 0 Å². The van der Waals surface area contributed by atoms with Gasteiger partial charge in [0, 0.05) is 29.4 Å². The molecule has 0 aromatic rings. The highest BCUT2D eigenvalue weighted by Crippen LogP contribution is 2.55. The Balaban J connectivity index is 2.03. The van der Waals surface area contributed by atoms with Gasteiger partial charge in [0.2, 0.25) is 0 Å². The molecule has 2 aliphatic carbocycles. The van der Waals surface area contributed by atoms with Gasteiger partial charge in [-0.15, -0.1) is 0 Å². The van der Waals surface area contributed by atoms with E-state index in [0.29, 0.717) is 24.2 Å². The Morgan fingerprint density at radius 2 is 2.17 bits per heavy atom. The third kappa shape index (κ3) is 2.17. The number of fused-ring (bicyclic) bond motifs is 2. The molecule has 1 N–H and O–H groups in total. The Labute approximate surface area is 135 Å². The average Bonchev–Trinajstić information content (AvgIpc) is 2.76. The largest absolute Gasteiger partial charge is 0.459 e. The molecule has 0 radical (unpaired) electrons. The van der Waals surface area contributed by atoms with Gasteiger partial charge < -0.3 is 14.6 Å². The van der Waals surface area contributed by atoms with E-state index in [0.717, 1.165) is 11.1 Å². The first-order valence-electron chi connectivity index (χ1n) is 7.97. The number of aliphatic hydroxyl groups is 1. The van der Waals surface area contributed by atoms with E-state index in [2.05, 4.69) is 0 Å². The highest BCUT2D eigenvalue weighted by molar-refractivity contribution is 5.94. The van der Waals surface area contributed by atoms with E-state index in [9.17, 15) is 14.7 Å². The van der Waals surface area contributed by atoms with Crippen LogP contribution in [0.15, 0.2) is 34.6 Å². The summed E-state index contributed by atoms with van der Waals surface area (Å²) in [6.45, 7) is 7.12. The zero-order valence-corrected chi connectivity index (χ0v) is 13.9. The van der Waals surface area contributed by atoms with Crippen LogP contribution in [-0.4, -0.2) is 28.8 Å². The van der Waals surface area contributed by atoms with E-state index >= 15 is 0 Å². The van der Waals surface area contributed by atoms with E-state index in [1.54, 1.807) is 20.8 Å². The summed E-state index contributed by atoms with van der Waals surface area (Å²) in [6, 6.07) is 0. The number of esters is 2. The maximum atomic E-state index is 11.8. The van der Waals surface area contributed by atoms with Gasteiger partial charge in [0.1, 0.15) is 17.5 Å². The van der Waals surface area contributed by atoms with Crippen molar-refractivity contribution in [3.8, 4) is 0 Å². The molecule has 5 nitrogen and oxygen atoms in total. The molecule has 0 spiro atoms. The standard InChI is InChI=1S/C18H22O5/c1-5-15(19)23-14-7-6-11-8-13-12(10(2)16(20)22-13)9-17(11,3)18(14,4)21/h6,8,14,21H,5,7,9H2,1-4H3/t14-,17-,18-/m0/s1. The van der Waals surface area contributed by atoms with Gasteiger partial charge in [-0.05, 0) is 31.9 Å². The minimum atomic E-state index is -1.23. The lowest BCUT2D eigenvalue weighted by atomic mass is 9.58. The monoisotopic (exact) mass is 318 g/mol. The van der Waals surface area contributed by atoms with Crippen molar-refractivity contribution in [3.63, 3.8) is 0 Å². The molecule has 0 aromatic heterocycles. The van der Waals surface area contributed by atoms with Crippen molar-refractivity contribution >= 4 is 11.9 Å². The molecule has 124 valence electrons. The van der Waals surface area contributed by atoms with E-state index in [-0.39, 0.29) is 18.4 Å². The van der Waals surface area contributed by atoms with Crippen LogP contribution in [0.2, 0.25) is 0 Å². The summed E-state index contributed by atoms with van der Waals surface area (Å²) in [5.74, 6) is -0.0729. The second-order valence-electron chi connectivity index (χ2n) is 6.89. The van der Waals surface area contributed by atoms with E-state index in [4.69, 9.17) is 9.47 Å². The second kappa shape index (κ2) is 5.06. The minimum Gasteiger partial charge on any atom is -0.459 e. The Bertz CT molecular complexity index is 680. The molecule has 0 unspecified atom stereocenters. The van der Waals surface area contributed by atoms with Crippen LogP contribution in [0, 0.1) is 5.41 Å². The fraction of sp³-hybridized carbons (Fsp3) is 0.556. The number of allylic oxidation sites excluding steroid dienone is 2. The van der Waals surface area contributed by atoms with Crippen LogP contribution in [0.25, 0.3) is 0 Å². The molecule has 1 aliphatic heterocycles. The molecule has 0 saturated carbocycles. The van der Waals surface area contributed by atoms with Crippen molar-refractivity contribution in [2.75, 3.05) is 0 Å². The average molecular weight is 318 g/mol. The van der Waals surface area contributed by atoms with Crippen molar-refractivity contribution in [2.24, 2.45) is 5.41 Å². The lowest BCUT2D eigenvalue weighted by molar-refractivity contribution is -0.179. The van der Waals surface area contributed by atoms with Gasteiger partial charge in [-0.1, -0.05) is 19.9 Å². The molecule has 0 amide bonds. The molecule has 23 heavy (non-hydrogen) atoms. The minimum absolute atomic E-state index is 0.274. The van der Waals surface area contributed by atoms with Gasteiger partial charge in [-0.25, -0.2) is 4.79 Å². The molecule has 0 fully saturated rings. The molecule has 3 aliphatic rings. The van der Waals surface area contributed by atoms with Crippen molar-refractivity contribution in [2.45, 2.75) is 58.7 Å². The quantitative estimate of drug-likeness (QED) is 0.792. The molecular weight excluding hydrogens is 296 g/mol.